The summed E-state index contributed by atoms with van der Waals surface area (Å²) in [6, 6.07) is 66.4. The molecule has 3 heterocycles. The van der Waals surface area contributed by atoms with Crippen molar-refractivity contribution in [2.24, 2.45) is 0 Å². The summed E-state index contributed by atoms with van der Waals surface area (Å²) in [6.07, 6.45) is 0. The summed E-state index contributed by atoms with van der Waals surface area (Å²) >= 11 is 0. The maximum Gasteiger partial charge on any atom is 0.136 e. The predicted molar refractivity (Wildman–Crippen MR) is 230 cm³/mol. The molecular formula is C52H30N2O. The van der Waals surface area contributed by atoms with Gasteiger partial charge < -0.3 is 13.6 Å². The third-order valence-electron chi connectivity index (χ3n) is 12.1. The summed E-state index contributed by atoms with van der Waals surface area (Å²) in [4.78, 5) is 0. The van der Waals surface area contributed by atoms with E-state index in [0.717, 1.165) is 27.6 Å². The Hall–Kier alpha value is -7.36. The minimum Gasteiger partial charge on any atom is -0.456 e. The van der Waals surface area contributed by atoms with Crippen molar-refractivity contribution in [3.05, 3.63) is 182 Å². The molecule has 0 N–H and O–H groups in total. The molecule has 55 heavy (non-hydrogen) atoms. The van der Waals surface area contributed by atoms with Gasteiger partial charge in [0.15, 0.2) is 0 Å². The molecule has 0 saturated heterocycles. The second-order valence-corrected chi connectivity index (χ2v) is 14.8. The Morgan fingerprint density at radius 3 is 1.82 bits per heavy atom. The number of para-hydroxylation sites is 2. The Bertz CT molecular complexity index is 3550. The van der Waals surface area contributed by atoms with Gasteiger partial charge in [0, 0.05) is 43.4 Å². The normalized spacial score (nSPS) is 12.4. The molecule has 0 amide bonds. The first kappa shape index (κ1) is 29.1. The van der Waals surface area contributed by atoms with Gasteiger partial charge in [0.05, 0.1) is 27.8 Å². The number of aromatic nitrogens is 2. The van der Waals surface area contributed by atoms with Crippen molar-refractivity contribution in [3.63, 3.8) is 0 Å². The van der Waals surface area contributed by atoms with E-state index in [1.165, 1.54) is 93.5 Å². The molecule has 0 saturated carbocycles. The molecule has 3 aromatic heterocycles. The van der Waals surface area contributed by atoms with Crippen LogP contribution >= 0.6 is 0 Å². The van der Waals surface area contributed by atoms with Gasteiger partial charge in [-0.2, -0.15) is 0 Å². The molecular weight excluding hydrogens is 669 g/mol. The zero-order valence-electron chi connectivity index (χ0n) is 29.6. The molecule has 9 aromatic carbocycles. The highest BCUT2D eigenvalue weighted by molar-refractivity contribution is 6.33. The van der Waals surface area contributed by atoms with Gasteiger partial charge in [0.1, 0.15) is 11.2 Å². The lowest BCUT2D eigenvalue weighted by Crippen LogP contribution is -1.97. The second kappa shape index (κ2) is 10.6. The summed E-state index contributed by atoms with van der Waals surface area (Å²) in [5.74, 6) is 0. The van der Waals surface area contributed by atoms with Crippen LogP contribution < -0.4 is 0 Å². The Morgan fingerprint density at radius 1 is 0.309 bits per heavy atom. The molecule has 3 heteroatoms. The van der Waals surface area contributed by atoms with Crippen LogP contribution in [-0.4, -0.2) is 9.13 Å². The van der Waals surface area contributed by atoms with Crippen molar-refractivity contribution < 1.29 is 4.42 Å². The molecule has 254 valence electrons. The van der Waals surface area contributed by atoms with Crippen LogP contribution in [-0.2, 0) is 0 Å². The van der Waals surface area contributed by atoms with Gasteiger partial charge in [0.2, 0.25) is 0 Å². The molecule has 13 rings (SSSR count). The van der Waals surface area contributed by atoms with Crippen molar-refractivity contribution >= 4 is 76.3 Å². The van der Waals surface area contributed by atoms with Gasteiger partial charge >= 0.3 is 0 Å². The Labute approximate surface area is 315 Å². The number of nitrogens with zero attached hydrogens (tertiary/aromatic N) is 2. The third-order valence-corrected chi connectivity index (χ3v) is 12.1. The molecule has 0 unspecified atom stereocenters. The predicted octanol–water partition coefficient (Wildman–Crippen LogP) is 14.2. The van der Waals surface area contributed by atoms with E-state index in [0.29, 0.717) is 0 Å². The van der Waals surface area contributed by atoms with Gasteiger partial charge in [-0.25, -0.2) is 0 Å². The number of benzene rings is 9. The van der Waals surface area contributed by atoms with Crippen LogP contribution in [0.1, 0.15) is 0 Å². The fraction of sp³-hybridized carbons (Fsp3) is 0. The lowest BCUT2D eigenvalue weighted by molar-refractivity contribution is 0.669. The fourth-order valence-corrected chi connectivity index (χ4v) is 9.81. The van der Waals surface area contributed by atoms with Crippen molar-refractivity contribution in [2.45, 2.75) is 0 Å². The Balaban J connectivity index is 1.20. The average molecular weight is 699 g/mol. The first-order valence-corrected chi connectivity index (χ1v) is 18.9. The highest BCUT2D eigenvalue weighted by atomic mass is 16.3. The number of furan rings is 1. The van der Waals surface area contributed by atoms with Crippen LogP contribution in [0.5, 0.6) is 0 Å². The molecule has 0 radical (unpaired) electrons. The highest BCUT2D eigenvalue weighted by Gasteiger charge is 2.27. The van der Waals surface area contributed by atoms with Gasteiger partial charge in [-0.15, -0.1) is 0 Å². The molecule has 0 spiro atoms. The summed E-state index contributed by atoms with van der Waals surface area (Å²) in [5.41, 5.74) is 16.5. The highest BCUT2D eigenvalue weighted by Crippen LogP contribution is 2.51. The topological polar surface area (TPSA) is 23.0 Å². The van der Waals surface area contributed by atoms with Crippen molar-refractivity contribution in [1.82, 2.24) is 9.13 Å². The van der Waals surface area contributed by atoms with Crippen LogP contribution in [0.15, 0.2) is 186 Å². The molecule has 1 aliphatic carbocycles. The first-order valence-electron chi connectivity index (χ1n) is 18.9. The van der Waals surface area contributed by atoms with Crippen LogP contribution in [0.3, 0.4) is 0 Å². The minimum atomic E-state index is 0.907. The van der Waals surface area contributed by atoms with Gasteiger partial charge in [-0.05, 0) is 87.3 Å². The van der Waals surface area contributed by atoms with E-state index in [2.05, 4.69) is 191 Å². The van der Waals surface area contributed by atoms with E-state index in [-0.39, 0.29) is 0 Å². The van der Waals surface area contributed by atoms with Crippen molar-refractivity contribution in [3.8, 4) is 44.8 Å². The summed E-state index contributed by atoms with van der Waals surface area (Å²) in [7, 11) is 0. The van der Waals surface area contributed by atoms with E-state index in [1.54, 1.807) is 0 Å². The van der Waals surface area contributed by atoms with Crippen LogP contribution in [0, 0.1) is 0 Å². The fourth-order valence-electron chi connectivity index (χ4n) is 9.81. The molecule has 0 bridgehead atoms. The van der Waals surface area contributed by atoms with Crippen molar-refractivity contribution in [2.75, 3.05) is 0 Å². The number of hydrogen-bond acceptors (Lipinski definition) is 1. The summed E-state index contributed by atoms with van der Waals surface area (Å²) in [5, 5.41) is 9.77. The minimum absolute atomic E-state index is 0.907. The average Bonchev–Trinajstić information content (AvgIpc) is 3.99. The number of hydrogen-bond donors (Lipinski definition) is 0. The lowest BCUT2D eigenvalue weighted by atomic mass is 10.0. The molecule has 3 nitrogen and oxygen atoms in total. The third kappa shape index (κ3) is 3.79. The smallest absolute Gasteiger partial charge is 0.136 e. The lowest BCUT2D eigenvalue weighted by Gasteiger charge is -2.14. The van der Waals surface area contributed by atoms with Gasteiger partial charge in [0.25, 0.3) is 0 Å². The number of rotatable bonds is 3. The standard InChI is InChI=1S/C52H30N2O/c1-2-11-31(12-3-1)32-21-23-33(24-22-32)53-42-19-8-6-15-39(42)50-45(53)28-26-41-49-44(29-30-47-51(49)40-16-7-9-20-46(40)55-47)54(52(41)50)43-27-25-37-35-14-5-4-13-34(35)36-17-10-18-38(43)48(36)37/h1-30H. The quantitative estimate of drug-likeness (QED) is 0.180. The zero-order valence-corrected chi connectivity index (χ0v) is 29.6. The maximum absolute atomic E-state index is 6.52. The van der Waals surface area contributed by atoms with Gasteiger partial charge in [-0.3, -0.25) is 0 Å². The number of fused-ring (bicyclic) bond motifs is 14. The maximum atomic E-state index is 6.52. The molecule has 12 aromatic rings. The van der Waals surface area contributed by atoms with E-state index in [1.807, 2.05) is 0 Å². The van der Waals surface area contributed by atoms with E-state index < -0.39 is 0 Å². The Morgan fingerprint density at radius 2 is 0.964 bits per heavy atom. The van der Waals surface area contributed by atoms with Crippen LogP contribution in [0.2, 0.25) is 0 Å². The van der Waals surface area contributed by atoms with Crippen molar-refractivity contribution in [1.29, 1.82) is 0 Å². The second-order valence-electron chi connectivity index (χ2n) is 14.8. The van der Waals surface area contributed by atoms with E-state index in [4.69, 9.17) is 4.42 Å². The Kier molecular flexibility index (Phi) is 5.63. The van der Waals surface area contributed by atoms with Crippen LogP contribution in [0.25, 0.3) is 121 Å². The summed E-state index contributed by atoms with van der Waals surface area (Å²) in [6.45, 7) is 0. The molecule has 1 aliphatic rings. The van der Waals surface area contributed by atoms with E-state index >= 15 is 0 Å². The zero-order chi connectivity index (χ0) is 35.8. The largest absolute Gasteiger partial charge is 0.456 e. The molecule has 0 atom stereocenters. The van der Waals surface area contributed by atoms with Gasteiger partial charge in [-0.1, -0.05) is 133 Å². The molecule has 0 fully saturated rings. The summed E-state index contributed by atoms with van der Waals surface area (Å²) < 4.78 is 11.5. The monoisotopic (exact) mass is 698 g/mol. The molecule has 0 aliphatic heterocycles. The van der Waals surface area contributed by atoms with E-state index in [9.17, 15) is 0 Å². The van der Waals surface area contributed by atoms with Crippen LogP contribution in [0.4, 0.5) is 0 Å². The first-order chi connectivity index (χ1) is 27.3. The SMILES string of the molecule is c1ccc(-c2ccc(-n3c4ccccc4c4c3ccc3c5c6c(ccc5n(-c5ccc7c8c(cccc58)-c5ccccc5-7)c34)oc3ccccc36)cc2)cc1.